The zero-order valence-corrected chi connectivity index (χ0v) is 9.47. The second kappa shape index (κ2) is 4.70. The Bertz CT molecular complexity index is 535. The number of para-hydroxylation sites is 1. The van der Waals surface area contributed by atoms with Crippen LogP contribution in [0.3, 0.4) is 0 Å². The van der Waals surface area contributed by atoms with Crippen LogP contribution >= 0.6 is 0 Å². The molecule has 17 heavy (non-hydrogen) atoms. The van der Waals surface area contributed by atoms with E-state index in [9.17, 15) is 9.90 Å². The Labute approximate surface area is 99.7 Å². The molecule has 2 aromatic rings. The number of aromatic hydroxyl groups is 1. The Morgan fingerprint density at radius 1 is 1.12 bits per heavy atom. The number of hydrogen-bond acceptors (Lipinski definition) is 3. The molecule has 3 heteroatoms. The van der Waals surface area contributed by atoms with Crippen LogP contribution in [0.1, 0.15) is 17.3 Å². The minimum atomic E-state index is -0.0634. The fourth-order valence-electron chi connectivity index (χ4n) is 1.53. The van der Waals surface area contributed by atoms with Crippen molar-refractivity contribution in [3.05, 3.63) is 54.1 Å². The van der Waals surface area contributed by atoms with Gasteiger partial charge < -0.3 is 10.4 Å². The van der Waals surface area contributed by atoms with Crippen molar-refractivity contribution in [2.24, 2.45) is 0 Å². The van der Waals surface area contributed by atoms with Gasteiger partial charge in [-0.2, -0.15) is 0 Å². The highest BCUT2D eigenvalue weighted by Crippen LogP contribution is 2.27. The number of Topliss-reactive ketones (excluding diaryl/α,β-unsaturated/α-hetero) is 1. The van der Waals surface area contributed by atoms with Crippen molar-refractivity contribution in [2.75, 3.05) is 5.32 Å². The van der Waals surface area contributed by atoms with Crippen LogP contribution in [0.4, 0.5) is 11.4 Å². The number of nitrogens with one attached hydrogen (secondary N) is 1. The Morgan fingerprint density at radius 3 is 2.41 bits per heavy atom. The van der Waals surface area contributed by atoms with Crippen LogP contribution in [0.25, 0.3) is 0 Å². The van der Waals surface area contributed by atoms with Gasteiger partial charge in [0.15, 0.2) is 5.78 Å². The van der Waals surface area contributed by atoms with E-state index < -0.39 is 0 Å². The molecule has 0 saturated carbocycles. The van der Waals surface area contributed by atoms with Crippen molar-refractivity contribution >= 4 is 17.2 Å². The number of hydrogen-bond donors (Lipinski definition) is 2. The minimum absolute atomic E-state index is 0.0634. The molecule has 0 unspecified atom stereocenters. The molecule has 86 valence electrons. The SMILES string of the molecule is CC(=O)c1ccc(Nc2ccccc2)c(O)c1. The largest absolute Gasteiger partial charge is 0.506 e. The molecule has 0 radical (unpaired) electrons. The van der Waals surface area contributed by atoms with E-state index in [2.05, 4.69) is 5.32 Å². The number of benzene rings is 2. The van der Waals surface area contributed by atoms with E-state index in [0.717, 1.165) is 5.69 Å². The summed E-state index contributed by atoms with van der Waals surface area (Å²) in [7, 11) is 0. The first-order valence-electron chi connectivity index (χ1n) is 5.33. The van der Waals surface area contributed by atoms with Gasteiger partial charge in [0, 0.05) is 11.3 Å². The second-order valence-corrected chi connectivity index (χ2v) is 3.78. The smallest absolute Gasteiger partial charge is 0.159 e. The lowest BCUT2D eigenvalue weighted by atomic mass is 10.1. The number of anilines is 2. The van der Waals surface area contributed by atoms with Gasteiger partial charge in [-0.1, -0.05) is 18.2 Å². The van der Waals surface area contributed by atoms with Gasteiger partial charge in [0.2, 0.25) is 0 Å². The molecular weight excluding hydrogens is 214 g/mol. The molecule has 3 nitrogen and oxygen atoms in total. The summed E-state index contributed by atoms with van der Waals surface area (Å²) in [5.41, 5.74) is 1.97. The summed E-state index contributed by atoms with van der Waals surface area (Å²) in [5, 5.41) is 12.9. The van der Waals surface area contributed by atoms with Gasteiger partial charge in [-0.25, -0.2) is 0 Å². The predicted octanol–water partition coefficient (Wildman–Crippen LogP) is 3.34. The van der Waals surface area contributed by atoms with E-state index in [1.54, 1.807) is 12.1 Å². The van der Waals surface area contributed by atoms with Crippen molar-refractivity contribution in [2.45, 2.75) is 6.92 Å². The number of phenolic OH excluding ortho intramolecular Hbond substituents is 1. The molecular formula is C14H13NO2. The van der Waals surface area contributed by atoms with Gasteiger partial charge in [0.1, 0.15) is 5.75 Å². The summed E-state index contributed by atoms with van der Waals surface area (Å²) < 4.78 is 0. The quantitative estimate of drug-likeness (QED) is 0.624. The Kier molecular flexibility index (Phi) is 3.10. The molecule has 2 N–H and O–H groups in total. The normalized spacial score (nSPS) is 9.94. The molecule has 0 aliphatic rings. The number of carbonyl (C=O) groups excluding carboxylic acids is 1. The fraction of sp³-hybridized carbons (Fsp3) is 0.0714. The molecule has 0 aromatic heterocycles. The first-order chi connectivity index (χ1) is 8.16. The Morgan fingerprint density at radius 2 is 1.82 bits per heavy atom. The fourth-order valence-corrected chi connectivity index (χ4v) is 1.53. The number of carbonyl (C=O) groups is 1. The zero-order chi connectivity index (χ0) is 12.3. The third-order valence-electron chi connectivity index (χ3n) is 2.46. The van der Waals surface area contributed by atoms with Gasteiger partial charge in [0.25, 0.3) is 0 Å². The average molecular weight is 227 g/mol. The lowest BCUT2D eigenvalue weighted by molar-refractivity contribution is 0.101. The number of phenols is 1. The van der Waals surface area contributed by atoms with E-state index in [4.69, 9.17) is 0 Å². The van der Waals surface area contributed by atoms with Crippen LogP contribution in [0.15, 0.2) is 48.5 Å². The molecule has 0 atom stereocenters. The minimum Gasteiger partial charge on any atom is -0.506 e. The van der Waals surface area contributed by atoms with Crippen molar-refractivity contribution in [1.82, 2.24) is 0 Å². The molecule has 0 aliphatic carbocycles. The zero-order valence-electron chi connectivity index (χ0n) is 9.47. The van der Waals surface area contributed by atoms with Gasteiger partial charge in [-0.05, 0) is 37.3 Å². The maximum absolute atomic E-state index is 11.1. The van der Waals surface area contributed by atoms with Crippen LogP contribution in [-0.2, 0) is 0 Å². The predicted molar refractivity (Wildman–Crippen MR) is 67.8 cm³/mol. The van der Waals surface area contributed by atoms with Crippen molar-refractivity contribution < 1.29 is 9.90 Å². The molecule has 0 saturated heterocycles. The van der Waals surface area contributed by atoms with Crippen molar-refractivity contribution in [3.8, 4) is 5.75 Å². The van der Waals surface area contributed by atoms with Crippen LogP contribution in [0, 0.1) is 0 Å². The molecule has 0 spiro atoms. The van der Waals surface area contributed by atoms with E-state index in [1.165, 1.54) is 13.0 Å². The molecule has 0 fully saturated rings. The molecule has 2 rings (SSSR count). The topological polar surface area (TPSA) is 49.3 Å². The van der Waals surface area contributed by atoms with Gasteiger partial charge in [-0.15, -0.1) is 0 Å². The third-order valence-corrected chi connectivity index (χ3v) is 2.46. The summed E-state index contributed by atoms with van der Waals surface area (Å²) in [6, 6.07) is 14.4. The highest BCUT2D eigenvalue weighted by atomic mass is 16.3. The van der Waals surface area contributed by atoms with E-state index in [1.807, 2.05) is 30.3 Å². The van der Waals surface area contributed by atoms with Crippen LogP contribution in [-0.4, -0.2) is 10.9 Å². The van der Waals surface area contributed by atoms with E-state index >= 15 is 0 Å². The van der Waals surface area contributed by atoms with Crippen LogP contribution < -0.4 is 5.32 Å². The van der Waals surface area contributed by atoms with Crippen molar-refractivity contribution in [3.63, 3.8) is 0 Å². The van der Waals surface area contributed by atoms with Gasteiger partial charge in [-0.3, -0.25) is 4.79 Å². The van der Waals surface area contributed by atoms with Crippen LogP contribution in [0.5, 0.6) is 5.75 Å². The van der Waals surface area contributed by atoms with Gasteiger partial charge in [0.05, 0.1) is 5.69 Å². The monoisotopic (exact) mass is 227 g/mol. The van der Waals surface area contributed by atoms with Crippen LogP contribution in [0.2, 0.25) is 0 Å². The number of ketones is 1. The summed E-state index contributed by atoms with van der Waals surface area (Å²) in [5.74, 6) is 0.00751. The molecule has 2 aromatic carbocycles. The van der Waals surface area contributed by atoms with Gasteiger partial charge >= 0.3 is 0 Å². The van der Waals surface area contributed by atoms with Crippen molar-refractivity contribution in [1.29, 1.82) is 0 Å². The van der Waals surface area contributed by atoms with E-state index in [-0.39, 0.29) is 11.5 Å². The summed E-state index contributed by atoms with van der Waals surface area (Å²) in [4.78, 5) is 11.1. The standard InChI is InChI=1S/C14H13NO2/c1-10(16)11-7-8-13(14(17)9-11)15-12-5-3-2-4-6-12/h2-9,15,17H,1H3. The Balaban J connectivity index is 2.26. The first kappa shape index (κ1) is 11.2. The second-order valence-electron chi connectivity index (χ2n) is 3.78. The number of rotatable bonds is 3. The summed E-state index contributed by atoms with van der Waals surface area (Å²) in [6.07, 6.45) is 0. The molecule has 0 bridgehead atoms. The maximum atomic E-state index is 11.1. The first-order valence-corrected chi connectivity index (χ1v) is 5.33. The molecule has 0 heterocycles. The summed E-state index contributed by atoms with van der Waals surface area (Å²) >= 11 is 0. The highest BCUT2D eigenvalue weighted by Gasteiger charge is 2.05. The third kappa shape index (κ3) is 2.64. The summed E-state index contributed by atoms with van der Waals surface area (Å²) in [6.45, 7) is 1.47. The Hall–Kier alpha value is -2.29. The average Bonchev–Trinajstić information content (AvgIpc) is 2.33. The lowest BCUT2D eigenvalue weighted by Crippen LogP contribution is -1.94. The molecule has 0 aliphatic heterocycles. The maximum Gasteiger partial charge on any atom is 0.159 e. The highest BCUT2D eigenvalue weighted by molar-refractivity contribution is 5.95. The lowest BCUT2D eigenvalue weighted by Gasteiger charge is -2.09. The molecule has 0 amide bonds. The van der Waals surface area contributed by atoms with E-state index in [0.29, 0.717) is 11.3 Å².